The Labute approximate surface area is 155 Å². The van der Waals surface area contributed by atoms with Gasteiger partial charge in [-0.05, 0) is 19.4 Å². The van der Waals surface area contributed by atoms with E-state index in [2.05, 4.69) is 15.5 Å². The van der Waals surface area contributed by atoms with E-state index in [9.17, 15) is 22.8 Å². The van der Waals surface area contributed by atoms with Crippen LogP contribution in [0.4, 0.5) is 13.2 Å². The molecule has 0 unspecified atom stereocenters. The van der Waals surface area contributed by atoms with Crippen LogP contribution in [0.2, 0.25) is 0 Å². The molecule has 0 radical (unpaired) electrons. The van der Waals surface area contributed by atoms with E-state index in [0.717, 1.165) is 29.4 Å². The number of carbonyl (C=O) groups excluding carboxylic acids is 1. The highest BCUT2D eigenvalue weighted by Gasteiger charge is 2.35. The number of aryl methyl sites for hydroxylation is 3. The molecule has 11 heteroatoms. The number of alkyl halides is 3. The van der Waals surface area contributed by atoms with Crippen LogP contribution in [0.15, 0.2) is 16.9 Å². The molecule has 3 aromatic heterocycles. The number of nitrogens with one attached hydrogen (secondary N) is 1. The first-order valence-electron chi connectivity index (χ1n) is 8.06. The summed E-state index contributed by atoms with van der Waals surface area (Å²) in [6.07, 6.45) is -2.92. The van der Waals surface area contributed by atoms with Gasteiger partial charge in [0.15, 0.2) is 5.69 Å². The SMILES string of the molecule is CCCc1cc2c(=O)n(NC(=O)c3cc(C(F)(F)F)n(C)n3)c(C)nc2s1. The lowest BCUT2D eigenvalue weighted by atomic mass is 10.2. The second kappa shape index (κ2) is 6.80. The zero-order valence-corrected chi connectivity index (χ0v) is 15.5. The summed E-state index contributed by atoms with van der Waals surface area (Å²) >= 11 is 1.40. The molecule has 1 amide bonds. The summed E-state index contributed by atoms with van der Waals surface area (Å²) in [5, 5.41) is 3.93. The number of carbonyl (C=O) groups is 1. The third-order valence-electron chi connectivity index (χ3n) is 3.90. The molecule has 3 rings (SSSR count). The van der Waals surface area contributed by atoms with Gasteiger partial charge in [0.1, 0.15) is 16.3 Å². The van der Waals surface area contributed by atoms with Crippen LogP contribution in [0.5, 0.6) is 0 Å². The molecular weight excluding hydrogens is 383 g/mol. The van der Waals surface area contributed by atoms with Crippen molar-refractivity contribution < 1.29 is 18.0 Å². The van der Waals surface area contributed by atoms with Gasteiger partial charge in [-0.25, -0.2) is 9.66 Å². The van der Waals surface area contributed by atoms with Crippen molar-refractivity contribution in [1.29, 1.82) is 0 Å². The Kier molecular flexibility index (Phi) is 4.81. The van der Waals surface area contributed by atoms with Gasteiger partial charge in [-0.2, -0.15) is 18.3 Å². The van der Waals surface area contributed by atoms with Crippen molar-refractivity contribution in [1.82, 2.24) is 19.4 Å². The first kappa shape index (κ1) is 19.1. The largest absolute Gasteiger partial charge is 0.433 e. The van der Waals surface area contributed by atoms with E-state index in [0.29, 0.717) is 21.0 Å². The third kappa shape index (κ3) is 3.59. The molecule has 0 aliphatic heterocycles. The molecule has 0 atom stereocenters. The maximum absolute atomic E-state index is 12.9. The summed E-state index contributed by atoms with van der Waals surface area (Å²) < 4.78 is 40.1. The van der Waals surface area contributed by atoms with Crippen molar-refractivity contribution >= 4 is 27.5 Å². The van der Waals surface area contributed by atoms with E-state index in [1.54, 1.807) is 6.07 Å². The fourth-order valence-electron chi connectivity index (χ4n) is 2.64. The molecule has 7 nitrogen and oxygen atoms in total. The van der Waals surface area contributed by atoms with Gasteiger partial charge in [-0.1, -0.05) is 13.3 Å². The van der Waals surface area contributed by atoms with Crippen molar-refractivity contribution in [3.05, 3.63) is 44.6 Å². The molecule has 0 aromatic carbocycles. The van der Waals surface area contributed by atoms with Gasteiger partial charge in [-0.3, -0.25) is 19.7 Å². The highest BCUT2D eigenvalue weighted by Crippen LogP contribution is 2.29. The van der Waals surface area contributed by atoms with Crippen molar-refractivity contribution in [2.24, 2.45) is 7.05 Å². The van der Waals surface area contributed by atoms with Gasteiger partial charge in [0, 0.05) is 18.0 Å². The molecular formula is C16H16F3N5O2S. The van der Waals surface area contributed by atoms with E-state index in [4.69, 9.17) is 0 Å². The lowest BCUT2D eigenvalue weighted by Crippen LogP contribution is -2.35. The molecule has 0 fully saturated rings. The molecule has 144 valence electrons. The summed E-state index contributed by atoms with van der Waals surface area (Å²) in [5.74, 6) is -0.714. The van der Waals surface area contributed by atoms with Gasteiger partial charge in [0.2, 0.25) is 0 Å². The number of hydrogen-bond acceptors (Lipinski definition) is 5. The lowest BCUT2D eigenvalue weighted by Gasteiger charge is -2.09. The summed E-state index contributed by atoms with van der Waals surface area (Å²) in [4.78, 5) is 30.9. The number of halogens is 3. The maximum Gasteiger partial charge on any atom is 0.433 e. The van der Waals surface area contributed by atoms with E-state index >= 15 is 0 Å². The van der Waals surface area contributed by atoms with E-state index < -0.39 is 29.0 Å². The molecule has 27 heavy (non-hydrogen) atoms. The minimum Gasteiger partial charge on any atom is -0.267 e. The summed E-state index contributed by atoms with van der Waals surface area (Å²) in [6, 6.07) is 2.36. The number of rotatable bonds is 4. The van der Waals surface area contributed by atoms with Gasteiger partial charge in [-0.15, -0.1) is 11.3 Å². The van der Waals surface area contributed by atoms with E-state index in [1.807, 2.05) is 6.92 Å². The van der Waals surface area contributed by atoms with Crippen LogP contribution < -0.4 is 11.0 Å². The molecule has 0 bridgehead atoms. The minimum absolute atomic E-state index is 0.220. The predicted molar refractivity (Wildman–Crippen MR) is 94.5 cm³/mol. The Balaban J connectivity index is 1.97. The van der Waals surface area contributed by atoms with E-state index in [1.165, 1.54) is 18.3 Å². The number of aromatic nitrogens is 4. The van der Waals surface area contributed by atoms with Gasteiger partial charge in [0.05, 0.1) is 5.39 Å². The number of amides is 1. The van der Waals surface area contributed by atoms with Crippen LogP contribution in [0.3, 0.4) is 0 Å². The van der Waals surface area contributed by atoms with Crippen LogP contribution in [0, 0.1) is 6.92 Å². The standard InChI is InChI=1S/C16H16F3N5O2S/c1-4-5-9-6-10-14(27-9)20-8(2)24(15(10)26)22-13(25)11-7-12(16(17,18)19)23(3)21-11/h6-7H,4-5H2,1-3H3,(H,22,25). The predicted octanol–water partition coefficient (Wildman–Crippen LogP) is 2.86. The first-order chi connectivity index (χ1) is 12.6. The van der Waals surface area contributed by atoms with Crippen molar-refractivity contribution in [3.8, 4) is 0 Å². The van der Waals surface area contributed by atoms with Crippen LogP contribution in [0.1, 0.15) is 40.2 Å². The zero-order chi connectivity index (χ0) is 19.9. The molecule has 0 saturated heterocycles. The van der Waals surface area contributed by atoms with Gasteiger partial charge < -0.3 is 0 Å². The normalized spacial score (nSPS) is 11.9. The molecule has 3 aromatic rings. The second-order valence-corrected chi connectivity index (χ2v) is 7.07. The van der Waals surface area contributed by atoms with Crippen LogP contribution in [-0.2, 0) is 19.6 Å². The monoisotopic (exact) mass is 399 g/mol. The number of hydrogen-bond donors (Lipinski definition) is 1. The van der Waals surface area contributed by atoms with Gasteiger partial charge in [0.25, 0.3) is 11.5 Å². The van der Waals surface area contributed by atoms with Crippen LogP contribution >= 0.6 is 11.3 Å². The van der Waals surface area contributed by atoms with Crippen molar-refractivity contribution in [3.63, 3.8) is 0 Å². The summed E-state index contributed by atoms with van der Waals surface area (Å²) in [7, 11) is 1.09. The summed E-state index contributed by atoms with van der Waals surface area (Å²) in [6.45, 7) is 3.55. The van der Waals surface area contributed by atoms with E-state index in [-0.39, 0.29) is 5.82 Å². The summed E-state index contributed by atoms with van der Waals surface area (Å²) in [5.41, 5.74) is 0.282. The molecule has 0 saturated carbocycles. The molecule has 0 spiro atoms. The maximum atomic E-state index is 12.9. The smallest absolute Gasteiger partial charge is 0.267 e. The molecule has 0 aliphatic carbocycles. The van der Waals surface area contributed by atoms with Crippen molar-refractivity contribution in [2.75, 3.05) is 5.43 Å². The number of fused-ring (bicyclic) bond motifs is 1. The first-order valence-corrected chi connectivity index (χ1v) is 8.88. The fraction of sp³-hybridized carbons (Fsp3) is 0.375. The van der Waals surface area contributed by atoms with Gasteiger partial charge >= 0.3 is 6.18 Å². The highest BCUT2D eigenvalue weighted by molar-refractivity contribution is 7.18. The lowest BCUT2D eigenvalue weighted by molar-refractivity contribution is -0.143. The number of thiophene rings is 1. The topological polar surface area (TPSA) is 81.8 Å². The molecule has 3 heterocycles. The molecule has 0 aliphatic rings. The highest BCUT2D eigenvalue weighted by atomic mass is 32.1. The Bertz CT molecular complexity index is 1080. The molecule has 1 N–H and O–H groups in total. The average Bonchev–Trinajstić information content (AvgIpc) is 3.15. The third-order valence-corrected chi connectivity index (χ3v) is 4.99. The fourth-order valence-corrected chi connectivity index (χ4v) is 3.80. The van der Waals surface area contributed by atoms with Crippen LogP contribution in [-0.4, -0.2) is 25.3 Å². The average molecular weight is 399 g/mol. The Morgan fingerprint density at radius 2 is 2.04 bits per heavy atom. The quantitative estimate of drug-likeness (QED) is 0.732. The van der Waals surface area contributed by atoms with Crippen molar-refractivity contribution in [2.45, 2.75) is 32.9 Å². The Morgan fingerprint density at radius 3 is 2.63 bits per heavy atom. The minimum atomic E-state index is -4.64. The second-order valence-electron chi connectivity index (χ2n) is 5.96. The Morgan fingerprint density at radius 1 is 1.33 bits per heavy atom. The number of nitrogens with zero attached hydrogens (tertiary/aromatic N) is 4. The Hall–Kier alpha value is -2.69. The van der Waals surface area contributed by atoms with Crippen LogP contribution in [0.25, 0.3) is 10.2 Å². The zero-order valence-electron chi connectivity index (χ0n) is 14.7.